The Bertz CT molecular complexity index is 525. The van der Waals surface area contributed by atoms with Crippen LogP contribution in [0.3, 0.4) is 0 Å². The van der Waals surface area contributed by atoms with Crippen molar-refractivity contribution in [3.05, 3.63) is 28.8 Å². The molecule has 19 heavy (non-hydrogen) atoms. The summed E-state index contributed by atoms with van der Waals surface area (Å²) in [7, 11) is 0. The van der Waals surface area contributed by atoms with Gasteiger partial charge in [-0.25, -0.2) is 9.59 Å². The van der Waals surface area contributed by atoms with Crippen LogP contribution < -0.4 is 5.73 Å². The minimum Gasteiger partial charge on any atom is -0.478 e. The third-order valence-corrected chi connectivity index (χ3v) is 2.21. The molecule has 8 heteroatoms. The van der Waals surface area contributed by atoms with Gasteiger partial charge in [0.1, 0.15) is 0 Å². The van der Waals surface area contributed by atoms with Gasteiger partial charge >= 0.3 is 18.1 Å². The maximum Gasteiger partial charge on any atom is 0.416 e. The molecule has 5 nitrogen and oxygen atoms in total. The van der Waals surface area contributed by atoms with Crippen LogP contribution in [0, 0.1) is 0 Å². The minimum absolute atomic E-state index is 0.0572. The Labute approximate surface area is 105 Å². The van der Waals surface area contributed by atoms with Crippen molar-refractivity contribution in [2.75, 3.05) is 12.3 Å². The number of rotatable bonds is 3. The largest absolute Gasteiger partial charge is 0.478 e. The predicted octanol–water partition coefficient (Wildman–Crippen LogP) is 2.16. The molecule has 1 aromatic rings. The van der Waals surface area contributed by atoms with Gasteiger partial charge in [0, 0.05) is 5.69 Å². The SMILES string of the molecule is CCOC(=O)c1c(N)cc(C(F)(F)F)cc1C(=O)O. The Morgan fingerprint density at radius 2 is 1.95 bits per heavy atom. The first-order valence-corrected chi connectivity index (χ1v) is 5.09. The van der Waals surface area contributed by atoms with Crippen molar-refractivity contribution in [2.45, 2.75) is 13.1 Å². The third kappa shape index (κ3) is 3.15. The normalized spacial score (nSPS) is 11.2. The second-order valence-corrected chi connectivity index (χ2v) is 3.51. The number of aromatic carboxylic acids is 1. The van der Waals surface area contributed by atoms with Crippen molar-refractivity contribution >= 4 is 17.6 Å². The van der Waals surface area contributed by atoms with Crippen LogP contribution in [-0.2, 0) is 10.9 Å². The summed E-state index contributed by atoms with van der Waals surface area (Å²) >= 11 is 0. The molecule has 0 bridgehead atoms. The highest BCUT2D eigenvalue weighted by atomic mass is 19.4. The molecule has 0 aliphatic carbocycles. The van der Waals surface area contributed by atoms with Crippen molar-refractivity contribution in [3.63, 3.8) is 0 Å². The van der Waals surface area contributed by atoms with Gasteiger partial charge < -0.3 is 15.6 Å². The molecular formula is C11H10F3NO4. The number of halogens is 3. The number of ether oxygens (including phenoxy) is 1. The number of anilines is 1. The summed E-state index contributed by atoms with van der Waals surface area (Å²) in [5.41, 5.74) is 2.07. The number of hydrogen-bond acceptors (Lipinski definition) is 4. The number of esters is 1. The van der Waals surface area contributed by atoms with Gasteiger partial charge in [0.25, 0.3) is 0 Å². The summed E-state index contributed by atoms with van der Waals surface area (Å²) in [6.07, 6.45) is -4.76. The van der Waals surface area contributed by atoms with Crippen molar-refractivity contribution < 1.29 is 32.6 Å². The lowest BCUT2D eigenvalue weighted by molar-refractivity contribution is -0.137. The minimum atomic E-state index is -4.76. The van der Waals surface area contributed by atoms with Crippen molar-refractivity contribution in [2.24, 2.45) is 0 Å². The van der Waals surface area contributed by atoms with Gasteiger partial charge in [-0.1, -0.05) is 0 Å². The molecular weight excluding hydrogens is 267 g/mol. The van der Waals surface area contributed by atoms with E-state index in [1.54, 1.807) is 0 Å². The fraction of sp³-hybridized carbons (Fsp3) is 0.273. The molecule has 0 aliphatic rings. The first-order valence-electron chi connectivity index (χ1n) is 5.09. The van der Waals surface area contributed by atoms with E-state index in [4.69, 9.17) is 10.8 Å². The molecule has 0 heterocycles. The second-order valence-electron chi connectivity index (χ2n) is 3.51. The molecule has 0 fully saturated rings. The highest BCUT2D eigenvalue weighted by Crippen LogP contribution is 2.33. The van der Waals surface area contributed by atoms with E-state index in [-0.39, 0.29) is 6.61 Å². The first-order chi connectivity index (χ1) is 8.68. The number of nitrogen functional groups attached to an aromatic ring is 1. The van der Waals surface area contributed by atoms with Gasteiger partial charge in [0.05, 0.1) is 23.3 Å². The Hall–Kier alpha value is -2.25. The van der Waals surface area contributed by atoms with Crippen molar-refractivity contribution in [1.82, 2.24) is 0 Å². The summed E-state index contributed by atoms with van der Waals surface area (Å²) in [5, 5.41) is 8.87. The summed E-state index contributed by atoms with van der Waals surface area (Å²) in [4.78, 5) is 22.4. The Morgan fingerprint density at radius 1 is 1.37 bits per heavy atom. The second kappa shape index (κ2) is 5.17. The zero-order valence-corrected chi connectivity index (χ0v) is 9.75. The van der Waals surface area contributed by atoms with Crippen LogP contribution in [0.25, 0.3) is 0 Å². The van der Waals surface area contributed by atoms with E-state index in [0.717, 1.165) is 0 Å². The van der Waals surface area contributed by atoms with Crippen LogP contribution in [0.5, 0.6) is 0 Å². The fourth-order valence-electron chi connectivity index (χ4n) is 1.43. The number of carboxylic acids is 1. The number of hydrogen-bond donors (Lipinski definition) is 2. The quantitative estimate of drug-likeness (QED) is 0.652. The molecule has 1 aromatic carbocycles. The van der Waals surface area contributed by atoms with E-state index in [0.29, 0.717) is 12.1 Å². The van der Waals surface area contributed by atoms with Gasteiger partial charge in [-0.2, -0.15) is 13.2 Å². The Balaban J connectivity index is 3.48. The molecule has 0 aromatic heterocycles. The van der Waals surface area contributed by atoms with Crippen LogP contribution in [0.15, 0.2) is 12.1 Å². The molecule has 0 spiro atoms. The molecule has 3 N–H and O–H groups in total. The van der Waals surface area contributed by atoms with E-state index < -0.39 is 40.5 Å². The van der Waals surface area contributed by atoms with Crippen LogP contribution in [0.4, 0.5) is 18.9 Å². The maximum atomic E-state index is 12.5. The summed E-state index contributed by atoms with van der Waals surface area (Å²) in [6.45, 7) is 1.41. The Morgan fingerprint density at radius 3 is 2.37 bits per heavy atom. The molecule has 0 radical (unpaired) electrons. The number of benzene rings is 1. The predicted molar refractivity (Wildman–Crippen MR) is 58.8 cm³/mol. The molecule has 104 valence electrons. The van der Waals surface area contributed by atoms with Crippen LogP contribution in [0.1, 0.15) is 33.2 Å². The highest BCUT2D eigenvalue weighted by Gasteiger charge is 2.34. The van der Waals surface area contributed by atoms with Gasteiger partial charge in [0.2, 0.25) is 0 Å². The van der Waals surface area contributed by atoms with Crippen LogP contribution in [0.2, 0.25) is 0 Å². The molecule has 0 saturated heterocycles. The summed E-state index contributed by atoms with van der Waals surface area (Å²) in [5.74, 6) is -2.77. The van der Waals surface area contributed by atoms with E-state index >= 15 is 0 Å². The lowest BCUT2D eigenvalue weighted by Gasteiger charge is -2.13. The standard InChI is InChI=1S/C11H10F3NO4/c1-2-19-10(18)8-6(9(16)17)3-5(4-7(8)15)11(12,13)14/h3-4H,2,15H2,1H3,(H,16,17). The average Bonchev–Trinajstić information content (AvgIpc) is 2.26. The number of alkyl halides is 3. The lowest BCUT2D eigenvalue weighted by atomic mass is 10.0. The van der Waals surface area contributed by atoms with Gasteiger partial charge in [-0.3, -0.25) is 0 Å². The molecule has 1 rings (SSSR count). The fourth-order valence-corrected chi connectivity index (χ4v) is 1.43. The first kappa shape index (κ1) is 14.8. The number of carboxylic acid groups (broad SMARTS) is 1. The van der Waals surface area contributed by atoms with Crippen molar-refractivity contribution in [3.8, 4) is 0 Å². The van der Waals surface area contributed by atoms with Gasteiger partial charge in [-0.15, -0.1) is 0 Å². The summed E-state index contributed by atoms with van der Waals surface area (Å²) in [6, 6.07) is 0.851. The number of carbonyl (C=O) groups excluding carboxylic acids is 1. The average molecular weight is 277 g/mol. The third-order valence-electron chi connectivity index (χ3n) is 2.21. The molecule has 0 saturated carbocycles. The molecule has 0 unspecified atom stereocenters. The van der Waals surface area contributed by atoms with Crippen LogP contribution >= 0.6 is 0 Å². The maximum absolute atomic E-state index is 12.5. The number of carbonyl (C=O) groups is 2. The smallest absolute Gasteiger partial charge is 0.416 e. The number of nitrogens with two attached hydrogens (primary N) is 1. The van der Waals surface area contributed by atoms with E-state index in [9.17, 15) is 22.8 Å². The molecule has 0 atom stereocenters. The Kier molecular flexibility index (Phi) is 4.03. The van der Waals surface area contributed by atoms with Crippen molar-refractivity contribution in [1.29, 1.82) is 0 Å². The topological polar surface area (TPSA) is 89.6 Å². The van der Waals surface area contributed by atoms with E-state index in [1.165, 1.54) is 6.92 Å². The highest BCUT2D eigenvalue weighted by molar-refractivity contribution is 6.06. The molecule has 0 amide bonds. The lowest BCUT2D eigenvalue weighted by Crippen LogP contribution is -2.17. The summed E-state index contributed by atoms with van der Waals surface area (Å²) < 4.78 is 42.1. The van der Waals surface area contributed by atoms with E-state index in [2.05, 4.69) is 4.74 Å². The van der Waals surface area contributed by atoms with Crippen LogP contribution in [-0.4, -0.2) is 23.7 Å². The van der Waals surface area contributed by atoms with Gasteiger partial charge in [0.15, 0.2) is 0 Å². The zero-order valence-electron chi connectivity index (χ0n) is 9.75. The zero-order chi connectivity index (χ0) is 14.8. The monoisotopic (exact) mass is 277 g/mol. The molecule has 0 aliphatic heterocycles. The van der Waals surface area contributed by atoms with E-state index in [1.807, 2.05) is 0 Å². The van der Waals surface area contributed by atoms with Gasteiger partial charge in [-0.05, 0) is 19.1 Å².